The van der Waals surface area contributed by atoms with Crippen molar-refractivity contribution in [3.63, 3.8) is 0 Å². The van der Waals surface area contributed by atoms with Crippen LogP contribution in [0.1, 0.15) is 22.3 Å². The Morgan fingerprint density at radius 2 is 2.25 bits per heavy atom. The lowest BCUT2D eigenvalue weighted by Gasteiger charge is -2.11. The second kappa shape index (κ2) is 6.97. The van der Waals surface area contributed by atoms with Crippen LogP contribution in [0.2, 0.25) is 0 Å². The van der Waals surface area contributed by atoms with Crippen LogP contribution in [0.4, 0.5) is 0 Å². The molecule has 0 spiro atoms. The van der Waals surface area contributed by atoms with Gasteiger partial charge in [0.1, 0.15) is 5.75 Å². The second-order valence-electron chi connectivity index (χ2n) is 3.45. The minimum absolute atomic E-state index is 0.607. The van der Waals surface area contributed by atoms with E-state index < -0.39 is 0 Å². The zero-order chi connectivity index (χ0) is 12.0. The van der Waals surface area contributed by atoms with Crippen LogP contribution in [0.15, 0.2) is 16.6 Å². The van der Waals surface area contributed by atoms with Crippen molar-refractivity contribution in [2.24, 2.45) is 0 Å². The van der Waals surface area contributed by atoms with Gasteiger partial charge in [-0.15, -0.1) is 0 Å². The zero-order valence-corrected chi connectivity index (χ0v) is 11.9. The molecule has 0 unspecified atom stereocenters. The summed E-state index contributed by atoms with van der Waals surface area (Å²) in [5, 5.41) is 0. The van der Waals surface area contributed by atoms with E-state index in [0.29, 0.717) is 17.9 Å². The molecule has 0 N–H and O–H groups in total. The van der Waals surface area contributed by atoms with Gasteiger partial charge in [0.2, 0.25) is 0 Å². The first-order chi connectivity index (χ1) is 7.69. The quantitative estimate of drug-likeness (QED) is 0.592. The van der Waals surface area contributed by atoms with E-state index in [0.717, 1.165) is 28.5 Å². The third-order valence-electron chi connectivity index (χ3n) is 2.13. The molecule has 0 aliphatic heterocycles. The Balaban J connectivity index is 2.74. The fourth-order valence-corrected chi connectivity index (χ4v) is 2.41. The molecule has 0 aliphatic rings. The number of thioether (sulfide) groups is 1. The van der Waals surface area contributed by atoms with Gasteiger partial charge in [0, 0.05) is 4.47 Å². The third-order valence-corrected chi connectivity index (χ3v) is 3.29. The summed E-state index contributed by atoms with van der Waals surface area (Å²) in [5.74, 6) is 1.78. The van der Waals surface area contributed by atoms with Crippen molar-refractivity contribution in [1.29, 1.82) is 0 Å². The SMILES string of the molecule is CSCCCOc1c(C)cc(Br)cc1C=O. The van der Waals surface area contributed by atoms with Crippen molar-refractivity contribution in [3.8, 4) is 5.75 Å². The van der Waals surface area contributed by atoms with Gasteiger partial charge in [-0.3, -0.25) is 4.79 Å². The summed E-state index contributed by atoms with van der Waals surface area (Å²) in [6, 6.07) is 3.74. The maximum Gasteiger partial charge on any atom is 0.153 e. The van der Waals surface area contributed by atoms with E-state index in [1.807, 2.05) is 13.0 Å². The predicted molar refractivity (Wildman–Crippen MR) is 72.8 cm³/mol. The van der Waals surface area contributed by atoms with Gasteiger partial charge >= 0.3 is 0 Å². The van der Waals surface area contributed by atoms with Crippen molar-refractivity contribution < 1.29 is 9.53 Å². The van der Waals surface area contributed by atoms with Gasteiger partial charge < -0.3 is 4.74 Å². The summed E-state index contributed by atoms with van der Waals surface area (Å²) in [7, 11) is 0. The number of aryl methyl sites for hydroxylation is 1. The van der Waals surface area contributed by atoms with Gasteiger partial charge in [0.15, 0.2) is 6.29 Å². The number of carbonyl (C=O) groups is 1. The Hall–Kier alpha value is -0.480. The van der Waals surface area contributed by atoms with Gasteiger partial charge in [-0.05, 0) is 43.0 Å². The van der Waals surface area contributed by atoms with Gasteiger partial charge in [-0.2, -0.15) is 11.8 Å². The summed E-state index contributed by atoms with van der Waals surface area (Å²) < 4.78 is 6.56. The van der Waals surface area contributed by atoms with Crippen molar-refractivity contribution in [2.45, 2.75) is 13.3 Å². The monoisotopic (exact) mass is 302 g/mol. The molecule has 1 rings (SSSR count). The highest BCUT2D eigenvalue weighted by molar-refractivity contribution is 9.10. The first kappa shape index (κ1) is 13.6. The van der Waals surface area contributed by atoms with E-state index in [1.165, 1.54) is 0 Å². The van der Waals surface area contributed by atoms with E-state index in [-0.39, 0.29) is 0 Å². The number of halogens is 1. The Morgan fingerprint density at radius 1 is 1.50 bits per heavy atom. The molecule has 16 heavy (non-hydrogen) atoms. The van der Waals surface area contributed by atoms with Gasteiger partial charge in [0.25, 0.3) is 0 Å². The molecule has 88 valence electrons. The first-order valence-electron chi connectivity index (χ1n) is 5.06. The zero-order valence-electron chi connectivity index (χ0n) is 9.46. The number of rotatable bonds is 6. The minimum atomic E-state index is 0.607. The molecule has 0 atom stereocenters. The number of carbonyl (C=O) groups excluding carboxylic acids is 1. The topological polar surface area (TPSA) is 26.3 Å². The fraction of sp³-hybridized carbons (Fsp3) is 0.417. The molecule has 0 heterocycles. The number of benzene rings is 1. The van der Waals surface area contributed by atoms with Gasteiger partial charge in [0.05, 0.1) is 12.2 Å². The number of hydrogen-bond acceptors (Lipinski definition) is 3. The summed E-state index contributed by atoms with van der Waals surface area (Å²) in [6.45, 7) is 2.60. The molecule has 4 heteroatoms. The summed E-state index contributed by atoms with van der Waals surface area (Å²) in [5.41, 5.74) is 1.59. The van der Waals surface area contributed by atoms with Crippen LogP contribution in [-0.2, 0) is 0 Å². The van der Waals surface area contributed by atoms with Crippen molar-refractivity contribution >= 4 is 34.0 Å². The van der Waals surface area contributed by atoms with E-state index >= 15 is 0 Å². The Kier molecular flexibility index (Phi) is 5.91. The maximum atomic E-state index is 10.9. The molecular weight excluding hydrogens is 288 g/mol. The average Bonchev–Trinajstić information content (AvgIpc) is 2.26. The summed E-state index contributed by atoms with van der Waals surface area (Å²) in [4.78, 5) is 10.9. The normalized spacial score (nSPS) is 10.2. The molecule has 0 aliphatic carbocycles. The highest BCUT2D eigenvalue weighted by atomic mass is 79.9. The lowest BCUT2D eigenvalue weighted by atomic mass is 10.1. The van der Waals surface area contributed by atoms with Crippen molar-refractivity contribution in [1.82, 2.24) is 0 Å². The van der Waals surface area contributed by atoms with E-state index in [4.69, 9.17) is 4.74 Å². The molecule has 1 aromatic carbocycles. The van der Waals surface area contributed by atoms with Crippen LogP contribution in [0.3, 0.4) is 0 Å². The highest BCUT2D eigenvalue weighted by Crippen LogP contribution is 2.27. The molecular formula is C12H15BrO2S. The predicted octanol–water partition coefficient (Wildman–Crippen LogP) is 3.70. The molecule has 0 amide bonds. The molecule has 0 fully saturated rings. The number of ether oxygens (including phenoxy) is 1. The Morgan fingerprint density at radius 3 is 2.88 bits per heavy atom. The Bertz CT molecular complexity index is 366. The van der Waals surface area contributed by atoms with Gasteiger partial charge in [-0.25, -0.2) is 0 Å². The molecule has 1 aromatic rings. The van der Waals surface area contributed by atoms with Gasteiger partial charge in [-0.1, -0.05) is 15.9 Å². The van der Waals surface area contributed by atoms with Crippen LogP contribution < -0.4 is 4.74 Å². The molecule has 0 bridgehead atoms. The second-order valence-corrected chi connectivity index (χ2v) is 5.35. The lowest BCUT2D eigenvalue weighted by Crippen LogP contribution is -2.02. The first-order valence-corrected chi connectivity index (χ1v) is 7.24. The number of hydrogen-bond donors (Lipinski definition) is 0. The van der Waals surface area contributed by atoms with Crippen LogP contribution in [0, 0.1) is 6.92 Å². The van der Waals surface area contributed by atoms with Crippen LogP contribution in [0.5, 0.6) is 5.75 Å². The average molecular weight is 303 g/mol. The standard InChI is InChI=1S/C12H15BrO2S/c1-9-6-11(13)7-10(8-14)12(9)15-4-3-5-16-2/h6-8H,3-5H2,1-2H3. The van der Waals surface area contributed by atoms with Crippen LogP contribution in [0.25, 0.3) is 0 Å². The smallest absolute Gasteiger partial charge is 0.153 e. The van der Waals surface area contributed by atoms with Crippen LogP contribution in [-0.4, -0.2) is 24.9 Å². The largest absolute Gasteiger partial charge is 0.493 e. The van der Waals surface area contributed by atoms with Crippen LogP contribution >= 0.6 is 27.7 Å². The Labute approximate surface area is 109 Å². The molecule has 0 saturated carbocycles. The third kappa shape index (κ3) is 3.83. The minimum Gasteiger partial charge on any atom is -0.493 e. The van der Waals surface area contributed by atoms with E-state index in [2.05, 4.69) is 22.2 Å². The molecule has 2 nitrogen and oxygen atoms in total. The molecule has 0 radical (unpaired) electrons. The summed E-state index contributed by atoms with van der Waals surface area (Å²) in [6.07, 6.45) is 3.90. The molecule has 0 saturated heterocycles. The summed E-state index contributed by atoms with van der Waals surface area (Å²) >= 11 is 5.16. The lowest BCUT2D eigenvalue weighted by molar-refractivity contribution is 0.111. The van der Waals surface area contributed by atoms with E-state index in [9.17, 15) is 4.79 Å². The highest BCUT2D eigenvalue weighted by Gasteiger charge is 2.08. The maximum absolute atomic E-state index is 10.9. The fourth-order valence-electron chi connectivity index (χ4n) is 1.42. The molecule has 0 aromatic heterocycles. The van der Waals surface area contributed by atoms with Crippen molar-refractivity contribution in [3.05, 3.63) is 27.7 Å². The van der Waals surface area contributed by atoms with E-state index in [1.54, 1.807) is 17.8 Å². The van der Waals surface area contributed by atoms with Crippen molar-refractivity contribution in [2.75, 3.05) is 18.6 Å². The number of aldehydes is 1.